The van der Waals surface area contributed by atoms with Crippen LogP contribution in [0, 0.1) is 0 Å². The first kappa shape index (κ1) is 14.4. The third-order valence-corrected chi connectivity index (χ3v) is 3.29. The molecule has 0 fully saturated rings. The number of hydrogen-bond acceptors (Lipinski definition) is 3. The van der Waals surface area contributed by atoms with E-state index < -0.39 is 12.5 Å². The number of hydrogen-bond donors (Lipinski definition) is 1. The first-order chi connectivity index (χ1) is 8.94. The maximum atomic E-state index is 13.3. The van der Waals surface area contributed by atoms with Crippen LogP contribution in [0.15, 0.2) is 18.3 Å². The average Bonchev–Trinajstić information content (AvgIpc) is 2.40. The van der Waals surface area contributed by atoms with Gasteiger partial charge in [0, 0.05) is 18.3 Å². The molecule has 0 aromatic carbocycles. The van der Waals surface area contributed by atoms with Gasteiger partial charge in [0.05, 0.1) is 10.7 Å². The van der Waals surface area contributed by atoms with E-state index in [0.29, 0.717) is 25.2 Å². The topological polar surface area (TPSA) is 36.4 Å². The van der Waals surface area contributed by atoms with E-state index in [2.05, 4.69) is 4.98 Å². The van der Waals surface area contributed by atoms with Gasteiger partial charge in [-0.1, -0.05) is 17.7 Å². The van der Waals surface area contributed by atoms with Crippen molar-refractivity contribution in [1.82, 2.24) is 9.79 Å². The fourth-order valence-electron chi connectivity index (χ4n) is 1.87. The van der Waals surface area contributed by atoms with E-state index in [4.69, 9.17) is 24.7 Å². The number of aromatic nitrogens is 1. The van der Waals surface area contributed by atoms with Gasteiger partial charge in [-0.2, -0.15) is 8.78 Å². The fourth-order valence-corrected chi connectivity index (χ4v) is 2.15. The second kappa shape index (κ2) is 5.57. The van der Waals surface area contributed by atoms with Gasteiger partial charge in [-0.05, 0) is 24.6 Å². The third-order valence-electron chi connectivity index (χ3n) is 3.01. The van der Waals surface area contributed by atoms with Crippen LogP contribution in [0.1, 0.15) is 17.7 Å². The molecular weight excluding hydrogens is 272 g/mol. The number of pyridine rings is 1. The number of halogens is 3. The van der Waals surface area contributed by atoms with E-state index >= 15 is 0 Å². The molecule has 0 saturated carbocycles. The van der Waals surface area contributed by atoms with E-state index in [1.54, 1.807) is 4.81 Å². The lowest BCUT2D eigenvalue weighted by molar-refractivity contribution is -0.0558. The van der Waals surface area contributed by atoms with Gasteiger partial charge in [0.25, 0.3) is 5.92 Å². The molecule has 1 aromatic heterocycles. The summed E-state index contributed by atoms with van der Waals surface area (Å²) in [5.74, 6) is -3.33. The molecule has 19 heavy (non-hydrogen) atoms. The molecule has 0 saturated heterocycles. The minimum Gasteiger partial charge on any atom is -0.390 e. The van der Waals surface area contributed by atoms with Crippen LogP contribution < -0.4 is 0 Å². The van der Waals surface area contributed by atoms with Gasteiger partial charge in [-0.3, -0.25) is 4.98 Å². The molecule has 0 aliphatic carbocycles. The maximum absolute atomic E-state index is 13.3. The second-order valence-electron chi connectivity index (χ2n) is 4.39. The first-order valence-corrected chi connectivity index (χ1v) is 6.15. The first-order valence-electron chi connectivity index (χ1n) is 5.78. The minimum atomic E-state index is -3.33. The fraction of sp³-hybridized carbons (Fsp3) is 0.417. The predicted molar refractivity (Wildman–Crippen MR) is 70.1 cm³/mol. The van der Waals surface area contributed by atoms with E-state index in [1.807, 2.05) is 6.08 Å². The summed E-state index contributed by atoms with van der Waals surface area (Å²) in [4.78, 5) is 5.64. The van der Waals surface area contributed by atoms with Crippen LogP contribution >= 0.6 is 11.6 Å². The number of aliphatic hydroxyl groups is 1. The molecule has 1 N–H and O–H groups in total. The lowest BCUT2D eigenvalue weighted by Crippen LogP contribution is -2.25. The molecule has 2 heterocycles. The molecule has 0 atom stereocenters. The molecule has 2 rings (SSSR count). The van der Waals surface area contributed by atoms with Crippen molar-refractivity contribution in [3.63, 3.8) is 0 Å². The van der Waals surface area contributed by atoms with Crippen LogP contribution in [0.2, 0.25) is 5.02 Å². The lowest BCUT2D eigenvalue weighted by Gasteiger charge is -2.23. The number of nitrogens with zero attached hydrogens (tertiary/aromatic N) is 2. The van der Waals surface area contributed by atoms with Crippen molar-refractivity contribution in [3.8, 4) is 0 Å². The van der Waals surface area contributed by atoms with Crippen LogP contribution in [0.5, 0.6) is 0 Å². The molecule has 100 valence electrons. The van der Waals surface area contributed by atoms with Crippen molar-refractivity contribution < 1.29 is 13.9 Å². The highest BCUT2D eigenvalue weighted by Crippen LogP contribution is 2.32. The van der Waals surface area contributed by atoms with Crippen LogP contribution in [-0.2, 0) is 5.92 Å². The second-order valence-corrected chi connectivity index (χ2v) is 4.80. The van der Waals surface area contributed by atoms with E-state index in [1.165, 1.54) is 0 Å². The van der Waals surface area contributed by atoms with Crippen LogP contribution in [0.3, 0.4) is 0 Å². The summed E-state index contributed by atoms with van der Waals surface area (Å²) in [6, 6.07) is 1.15. The highest BCUT2D eigenvalue weighted by Gasteiger charge is 2.31. The summed E-state index contributed by atoms with van der Waals surface area (Å²) in [7, 11) is 5.62. The van der Waals surface area contributed by atoms with Crippen LogP contribution in [0.4, 0.5) is 8.78 Å². The number of aliphatic hydroxyl groups excluding tert-OH is 1. The van der Waals surface area contributed by atoms with Gasteiger partial charge in [0.1, 0.15) is 6.61 Å². The van der Waals surface area contributed by atoms with Crippen molar-refractivity contribution in [2.75, 3.05) is 19.7 Å². The van der Waals surface area contributed by atoms with Crippen molar-refractivity contribution in [1.29, 1.82) is 0 Å². The molecule has 1 aliphatic heterocycles. The molecule has 3 nitrogen and oxygen atoms in total. The smallest absolute Gasteiger partial charge is 0.297 e. The van der Waals surface area contributed by atoms with Crippen LogP contribution in [0.25, 0.3) is 5.57 Å². The van der Waals surface area contributed by atoms with Crippen molar-refractivity contribution in [2.24, 2.45) is 0 Å². The number of alkyl halides is 2. The highest BCUT2D eigenvalue weighted by molar-refractivity contribution is 6.32. The predicted octanol–water partition coefficient (Wildman–Crippen LogP) is 1.99. The lowest BCUT2D eigenvalue weighted by atomic mass is 10.0. The normalized spacial score (nSPS) is 17.4. The molecule has 7 heteroatoms. The molecular formula is C12H12BClF2N2O. The largest absolute Gasteiger partial charge is 0.390 e. The zero-order valence-electron chi connectivity index (χ0n) is 10.1. The Morgan fingerprint density at radius 2 is 2.26 bits per heavy atom. The van der Waals surface area contributed by atoms with Gasteiger partial charge in [-0.15, -0.1) is 0 Å². The molecule has 0 bridgehead atoms. The standard InChI is InChI=1S/C12H12BClF2N2O/c13-18-3-1-8(2-4-18)11-10(14)5-9(6-17-11)12(15,16)7-19/h1,5-6,19H,2-4,7H2. The monoisotopic (exact) mass is 284 g/mol. The van der Waals surface area contributed by atoms with Gasteiger partial charge in [-0.25, -0.2) is 0 Å². The molecule has 0 spiro atoms. The van der Waals surface area contributed by atoms with Crippen molar-refractivity contribution in [2.45, 2.75) is 12.3 Å². The Kier molecular flexibility index (Phi) is 4.23. The highest BCUT2D eigenvalue weighted by atomic mass is 35.5. The van der Waals surface area contributed by atoms with Gasteiger partial charge >= 0.3 is 0 Å². The van der Waals surface area contributed by atoms with Gasteiger partial charge < -0.3 is 9.92 Å². The molecule has 0 unspecified atom stereocenters. The Morgan fingerprint density at radius 3 is 2.79 bits per heavy atom. The zero-order chi connectivity index (χ0) is 14.0. The summed E-state index contributed by atoms with van der Waals surface area (Å²) in [5, 5.41) is 8.79. The molecule has 1 aliphatic rings. The van der Waals surface area contributed by atoms with Gasteiger partial charge in [0.2, 0.25) is 0 Å². The van der Waals surface area contributed by atoms with E-state index in [-0.39, 0.29) is 10.6 Å². The Morgan fingerprint density at radius 1 is 1.53 bits per heavy atom. The SMILES string of the molecule is [B]N1CC=C(c2ncc(C(F)(F)CO)cc2Cl)CC1. The van der Waals surface area contributed by atoms with E-state index in [0.717, 1.165) is 17.8 Å². The molecule has 1 aromatic rings. The average molecular weight is 285 g/mol. The summed E-state index contributed by atoms with van der Waals surface area (Å²) in [5.41, 5.74) is 0.999. The molecule has 2 radical (unpaired) electrons. The van der Waals surface area contributed by atoms with E-state index in [9.17, 15) is 8.78 Å². The quantitative estimate of drug-likeness (QED) is 0.863. The van der Waals surface area contributed by atoms with Gasteiger partial charge in [0.15, 0.2) is 7.98 Å². The Labute approximate surface area is 116 Å². The maximum Gasteiger partial charge on any atom is 0.297 e. The summed E-state index contributed by atoms with van der Waals surface area (Å²) >= 11 is 6.00. The minimum absolute atomic E-state index is 0.155. The summed E-state index contributed by atoms with van der Waals surface area (Å²) in [6.07, 6.45) is 3.59. The third kappa shape index (κ3) is 3.13. The van der Waals surface area contributed by atoms with Crippen molar-refractivity contribution >= 4 is 25.2 Å². The molecule has 0 amide bonds. The number of rotatable bonds is 3. The Bertz CT molecular complexity index is 511. The van der Waals surface area contributed by atoms with Crippen LogP contribution in [-0.4, -0.2) is 42.6 Å². The van der Waals surface area contributed by atoms with Crippen molar-refractivity contribution in [3.05, 3.63) is 34.6 Å². The Hall–Kier alpha value is -0.975. The summed E-state index contributed by atoms with van der Waals surface area (Å²) in [6.45, 7) is -0.0323. The summed E-state index contributed by atoms with van der Waals surface area (Å²) < 4.78 is 26.6. The zero-order valence-corrected chi connectivity index (χ0v) is 10.9. The Balaban J connectivity index is 2.30.